The van der Waals surface area contributed by atoms with E-state index in [1.165, 1.54) is 57.5 Å². The van der Waals surface area contributed by atoms with E-state index in [-0.39, 0.29) is 0 Å². The summed E-state index contributed by atoms with van der Waals surface area (Å²) >= 11 is 0. The van der Waals surface area contributed by atoms with Gasteiger partial charge in [0.25, 0.3) is 0 Å². The number of rotatable bonds is 3. The minimum absolute atomic E-state index is 0.979. The lowest BCUT2D eigenvalue weighted by Crippen LogP contribution is -3.29. The zero-order valence-corrected chi connectivity index (χ0v) is 12.2. The van der Waals surface area contributed by atoms with Crippen LogP contribution in [0.5, 0.6) is 0 Å². The molecule has 0 amide bonds. The molecule has 2 heteroatoms. The third-order valence-electron chi connectivity index (χ3n) is 5.17. The van der Waals surface area contributed by atoms with Crippen LogP contribution in [0.2, 0.25) is 0 Å². The zero-order chi connectivity index (χ0) is 13.1. The van der Waals surface area contributed by atoms with Gasteiger partial charge in [-0.15, -0.1) is 0 Å². The SMILES string of the molecule is C[C@H]1CC[C@@H]([NH+]2CC[NH+](Cc3ccccc3)CC2)C1. The van der Waals surface area contributed by atoms with Gasteiger partial charge in [-0.05, 0) is 18.8 Å². The number of piperazine rings is 1. The Balaban J connectivity index is 1.47. The van der Waals surface area contributed by atoms with Gasteiger partial charge in [0.2, 0.25) is 0 Å². The standard InChI is InChI=1S/C17H26N2/c1-15-7-8-17(13-15)19-11-9-18(10-12-19)14-16-5-3-2-4-6-16/h2-6,15,17H,7-14H2,1H3/p+2/t15-,17+/m0/s1. The van der Waals surface area contributed by atoms with Gasteiger partial charge in [0.05, 0.1) is 6.04 Å². The summed E-state index contributed by atoms with van der Waals surface area (Å²) < 4.78 is 0. The highest BCUT2D eigenvalue weighted by molar-refractivity contribution is 5.13. The van der Waals surface area contributed by atoms with Gasteiger partial charge in [-0.3, -0.25) is 0 Å². The van der Waals surface area contributed by atoms with Crippen molar-refractivity contribution in [1.29, 1.82) is 0 Å². The second-order valence-corrected chi connectivity index (χ2v) is 6.69. The highest BCUT2D eigenvalue weighted by Crippen LogP contribution is 2.22. The molecule has 19 heavy (non-hydrogen) atoms. The topological polar surface area (TPSA) is 8.88 Å². The first-order valence-corrected chi connectivity index (χ1v) is 8.03. The second-order valence-electron chi connectivity index (χ2n) is 6.69. The summed E-state index contributed by atoms with van der Waals surface area (Å²) in [4.78, 5) is 3.68. The normalized spacial score (nSPS) is 35.4. The van der Waals surface area contributed by atoms with Crippen molar-refractivity contribution in [3.05, 3.63) is 35.9 Å². The number of benzene rings is 1. The number of hydrogen-bond donors (Lipinski definition) is 2. The molecule has 1 saturated carbocycles. The highest BCUT2D eigenvalue weighted by Gasteiger charge is 2.33. The molecule has 3 rings (SSSR count). The van der Waals surface area contributed by atoms with Crippen LogP contribution in [-0.4, -0.2) is 32.2 Å². The molecule has 0 spiro atoms. The lowest BCUT2D eigenvalue weighted by atomic mass is 10.1. The molecule has 1 saturated heterocycles. The van der Waals surface area contributed by atoms with Crippen molar-refractivity contribution < 1.29 is 9.80 Å². The molecule has 1 aliphatic heterocycles. The lowest BCUT2D eigenvalue weighted by molar-refractivity contribution is -1.03. The number of nitrogens with one attached hydrogen (secondary N) is 2. The second kappa shape index (κ2) is 6.06. The Morgan fingerprint density at radius 1 is 1.00 bits per heavy atom. The van der Waals surface area contributed by atoms with E-state index in [1.807, 2.05) is 4.90 Å². The van der Waals surface area contributed by atoms with E-state index >= 15 is 0 Å². The van der Waals surface area contributed by atoms with Gasteiger partial charge < -0.3 is 9.80 Å². The molecule has 104 valence electrons. The predicted molar refractivity (Wildman–Crippen MR) is 78.3 cm³/mol. The van der Waals surface area contributed by atoms with E-state index in [0.29, 0.717) is 0 Å². The minimum atomic E-state index is 0.979. The third-order valence-corrected chi connectivity index (χ3v) is 5.17. The maximum absolute atomic E-state index is 2.43. The van der Waals surface area contributed by atoms with Crippen LogP contribution in [0.25, 0.3) is 0 Å². The summed E-state index contributed by atoms with van der Waals surface area (Å²) in [5, 5.41) is 0. The monoisotopic (exact) mass is 260 g/mol. The van der Waals surface area contributed by atoms with Gasteiger partial charge in [0.15, 0.2) is 0 Å². The summed E-state index contributed by atoms with van der Waals surface area (Å²) in [5.74, 6) is 0.979. The molecule has 0 aromatic heterocycles. The first-order chi connectivity index (χ1) is 9.31. The molecular weight excluding hydrogens is 232 g/mol. The molecule has 2 atom stereocenters. The molecule has 0 bridgehead atoms. The van der Waals surface area contributed by atoms with Gasteiger partial charge in [-0.25, -0.2) is 0 Å². The Morgan fingerprint density at radius 3 is 2.37 bits per heavy atom. The van der Waals surface area contributed by atoms with Crippen LogP contribution in [0.1, 0.15) is 31.7 Å². The van der Waals surface area contributed by atoms with Crippen molar-refractivity contribution in [2.24, 2.45) is 5.92 Å². The van der Waals surface area contributed by atoms with Crippen LogP contribution in [0, 0.1) is 5.92 Å². The molecule has 2 aliphatic rings. The van der Waals surface area contributed by atoms with Crippen molar-refractivity contribution in [1.82, 2.24) is 0 Å². The fourth-order valence-electron chi connectivity index (χ4n) is 3.97. The molecule has 2 fully saturated rings. The van der Waals surface area contributed by atoms with Crippen molar-refractivity contribution in [2.75, 3.05) is 26.2 Å². The largest absolute Gasteiger partial charge is 0.323 e. The van der Waals surface area contributed by atoms with Crippen LogP contribution < -0.4 is 9.80 Å². The average Bonchev–Trinajstić information content (AvgIpc) is 2.87. The Bertz CT molecular complexity index is 382. The molecule has 1 heterocycles. The summed E-state index contributed by atoms with van der Waals surface area (Å²) in [6, 6.07) is 12.0. The van der Waals surface area contributed by atoms with Crippen molar-refractivity contribution in [3.8, 4) is 0 Å². The fraction of sp³-hybridized carbons (Fsp3) is 0.647. The van der Waals surface area contributed by atoms with E-state index in [2.05, 4.69) is 37.3 Å². The average molecular weight is 260 g/mol. The highest BCUT2D eigenvalue weighted by atomic mass is 15.3. The van der Waals surface area contributed by atoms with Crippen molar-refractivity contribution in [2.45, 2.75) is 38.8 Å². The van der Waals surface area contributed by atoms with Crippen molar-refractivity contribution >= 4 is 0 Å². The molecule has 1 aliphatic carbocycles. The Hall–Kier alpha value is -0.860. The first-order valence-electron chi connectivity index (χ1n) is 8.03. The van der Waals surface area contributed by atoms with Gasteiger partial charge in [-0.2, -0.15) is 0 Å². The summed E-state index contributed by atoms with van der Waals surface area (Å²) in [6.07, 6.45) is 4.42. The molecule has 1 aromatic carbocycles. The smallest absolute Gasteiger partial charge is 0.127 e. The zero-order valence-electron chi connectivity index (χ0n) is 12.2. The predicted octanol–water partition coefficient (Wildman–Crippen LogP) is 0.159. The van der Waals surface area contributed by atoms with Gasteiger partial charge in [0.1, 0.15) is 32.7 Å². The molecule has 0 unspecified atom stereocenters. The van der Waals surface area contributed by atoms with Gasteiger partial charge in [0, 0.05) is 12.0 Å². The van der Waals surface area contributed by atoms with Gasteiger partial charge >= 0.3 is 0 Å². The van der Waals surface area contributed by atoms with Crippen molar-refractivity contribution in [3.63, 3.8) is 0 Å². The fourth-order valence-corrected chi connectivity index (χ4v) is 3.97. The molecule has 2 N–H and O–H groups in total. The molecule has 1 aromatic rings. The van der Waals surface area contributed by atoms with Crippen LogP contribution in [0.4, 0.5) is 0 Å². The van der Waals surface area contributed by atoms with Crippen LogP contribution in [0.15, 0.2) is 30.3 Å². The number of quaternary nitrogens is 2. The van der Waals surface area contributed by atoms with Crippen LogP contribution >= 0.6 is 0 Å². The summed E-state index contributed by atoms with van der Waals surface area (Å²) in [6.45, 7) is 9.13. The number of hydrogen-bond acceptors (Lipinski definition) is 0. The lowest BCUT2D eigenvalue weighted by Gasteiger charge is -2.33. The Morgan fingerprint density at radius 2 is 1.74 bits per heavy atom. The first kappa shape index (κ1) is 13.1. The van der Waals surface area contributed by atoms with E-state index in [0.717, 1.165) is 12.0 Å². The minimum Gasteiger partial charge on any atom is -0.323 e. The van der Waals surface area contributed by atoms with Gasteiger partial charge in [-0.1, -0.05) is 37.3 Å². The van der Waals surface area contributed by atoms with E-state index in [1.54, 1.807) is 4.90 Å². The molecular formula is C17H28N2+2. The Labute approximate surface area is 117 Å². The maximum Gasteiger partial charge on any atom is 0.127 e. The molecule has 0 radical (unpaired) electrons. The van der Waals surface area contributed by atoms with E-state index in [9.17, 15) is 0 Å². The Kier molecular flexibility index (Phi) is 4.19. The maximum atomic E-state index is 2.43. The van der Waals surface area contributed by atoms with E-state index < -0.39 is 0 Å². The summed E-state index contributed by atoms with van der Waals surface area (Å²) in [7, 11) is 0. The summed E-state index contributed by atoms with van der Waals surface area (Å²) in [5.41, 5.74) is 1.50. The molecule has 2 nitrogen and oxygen atoms in total. The quantitative estimate of drug-likeness (QED) is 0.766. The third kappa shape index (κ3) is 3.37. The van der Waals surface area contributed by atoms with E-state index in [4.69, 9.17) is 0 Å². The van der Waals surface area contributed by atoms with Crippen LogP contribution in [-0.2, 0) is 6.54 Å². The van der Waals surface area contributed by atoms with Crippen LogP contribution in [0.3, 0.4) is 0 Å².